The second kappa shape index (κ2) is 4.92. The van der Waals surface area contributed by atoms with Crippen LogP contribution in [0.2, 0.25) is 0 Å². The summed E-state index contributed by atoms with van der Waals surface area (Å²) >= 11 is 0. The average Bonchev–Trinajstić information content (AvgIpc) is 2.74. The van der Waals surface area contributed by atoms with Crippen LogP contribution in [0.5, 0.6) is 0 Å². The standard InChI is InChI=1S/C11H10FN3O3/c12-9-3-1-8(2-4-9)11-13-7-10(15(17)18)14(11)5-6-16/h1-4,7,16H,5-6H2. The lowest BCUT2D eigenvalue weighted by Gasteiger charge is -2.03. The molecule has 0 radical (unpaired) electrons. The zero-order chi connectivity index (χ0) is 13.1. The van der Waals surface area contributed by atoms with Crippen molar-refractivity contribution in [2.24, 2.45) is 0 Å². The van der Waals surface area contributed by atoms with Crippen LogP contribution in [0.15, 0.2) is 30.5 Å². The van der Waals surface area contributed by atoms with E-state index in [0.29, 0.717) is 11.4 Å². The third kappa shape index (κ3) is 2.21. The van der Waals surface area contributed by atoms with Gasteiger partial charge in [0.05, 0.1) is 6.61 Å². The third-order valence-corrected chi connectivity index (χ3v) is 2.45. The van der Waals surface area contributed by atoms with Gasteiger partial charge in [0.2, 0.25) is 5.82 Å². The quantitative estimate of drug-likeness (QED) is 0.660. The lowest BCUT2D eigenvalue weighted by atomic mass is 10.2. The lowest BCUT2D eigenvalue weighted by molar-refractivity contribution is -0.392. The van der Waals surface area contributed by atoms with Crippen molar-refractivity contribution in [3.8, 4) is 11.4 Å². The van der Waals surface area contributed by atoms with Crippen molar-refractivity contribution < 1.29 is 14.4 Å². The fourth-order valence-corrected chi connectivity index (χ4v) is 1.66. The molecule has 0 saturated heterocycles. The number of hydrogen-bond acceptors (Lipinski definition) is 4. The van der Waals surface area contributed by atoms with Crippen molar-refractivity contribution in [2.75, 3.05) is 6.61 Å². The number of nitrogens with zero attached hydrogens (tertiary/aromatic N) is 3. The Kier molecular flexibility index (Phi) is 3.33. The van der Waals surface area contributed by atoms with Gasteiger partial charge in [0.25, 0.3) is 0 Å². The van der Waals surface area contributed by atoms with Crippen molar-refractivity contribution in [3.63, 3.8) is 0 Å². The summed E-state index contributed by atoms with van der Waals surface area (Å²) in [6.07, 6.45) is 1.12. The van der Waals surface area contributed by atoms with Gasteiger partial charge in [-0.2, -0.15) is 0 Å². The number of nitro groups is 1. The maximum Gasteiger partial charge on any atom is 0.343 e. The van der Waals surface area contributed by atoms with Gasteiger partial charge >= 0.3 is 5.82 Å². The SMILES string of the molecule is O=[N+]([O-])c1cnc(-c2ccc(F)cc2)n1CCO. The average molecular weight is 251 g/mol. The molecule has 2 rings (SSSR count). The molecule has 1 N–H and O–H groups in total. The molecule has 0 aliphatic heterocycles. The second-order valence-corrected chi connectivity index (χ2v) is 3.58. The molecule has 18 heavy (non-hydrogen) atoms. The summed E-state index contributed by atoms with van der Waals surface area (Å²) in [6, 6.07) is 5.46. The first-order chi connectivity index (χ1) is 8.63. The van der Waals surface area contributed by atoms with Crippen molar-refractivity contribution in [1.29, 1.82) is 0 Å². The summed E-state index contributed by atoms with van der Waals surface area (Å²) in [4.78, 5) is 14.2. The molecule has 0 amide bonds. The smallest absolute Gasteiger partial charge is 0.343 e. The van der Waals surface area contributed by atoms with Crippen LogP contribution in [-0.4, -0.2) is 26.2 Å². The molecule has 2 aromatic rings. The molecule has 1 heterocycles. The Hall–Kier alpha value is -2.28. The zero-order valence-corrected chi connectivity index (χ0v) is 9.28. The maximum atomic E-state index is 12.8. The van der Waals surface area contributed by atoms with Gasteiger partial charge in [0.15, 0.2) is 0 Å². The van der Waals surface area contributed by atoms with Gasteiger partial charge in [-0.1, -0.05) is 0 Å². The number of aromatic nitrogens is 2. The van der Waals surface area contributed by atoms with Gasteiger partial charge < -0.3 is 15.2 Å². The molecule has 0 atom stereocenters. The van der Waals surface area contributed by atoms with Crippen LogP contribution in [0.25, 0.3) is 11.4 Å². The highest BCUT2D eigenvalue weighted by molar-refractivity contribution is 5.57. The van der Waals surface area contributed by atoms with Crippen LogP contribution in [0, 0.1) is 15.9 Å². The summed E-state index contributed by atoms with van der Waals surface area (Å²) in [5, 5.41) is 19.7. The van der Waals surface area contributed by atoms with Crippen LogP contribution >= 0.6 is 0 Å². The molecule has 0 unspecified atom stereocenters. The van der Waals surface area contributed by atoms with Crippen LogP contribution in [-0.2, 0) is 6.54 Å². The molecule has 7 heteroatoms. The number of hydrogen-bond donors (Lipinski definition) is 1. The molecular weight excluding hydrogens is 241 g/mol. The maximum absolute atomic E-state index is 12.8. The largest absolute Gasteiger partial charge is 0.392 e. The summed E-state index contributed by atoms with van der Waals surface area (Å²) in [5.74, 6) is -0.271. The van der Waals surface area contributed by atoms with Crippen LogP contribution in [0.3, 0.4) is 0 Å². The minimum Gasteiger partial charge on any atom is -0.392 e. The molecule has 1 aromatic heterocycles. The lowest BCUT2D eigenvalue weighted by Crippen LogP contribution is -2.07. The number of rotatable bonds is 4. The minimum atomic E-state index is -0.574. The van der Waals surface area contributed by atoms with E-state index in [1.807, 2.05) is 0 Å². The van der Waals surface area contributed by atoms with Gasteiger partial charge in [0, 0.05) is 5.56 Å². The Morgan fingerprint density at radius 1 is 1.39 bits per heavy atom. The molecule has 0 aliphatic rings. The Morgan fingerprint density at radius 3 is 2.61 bits per heavy atom. The monoisotopic (exact) mass is 251 g/mol. The van der Waals surface area contributed by atoms with E-state index in [9.17, 15) is 14.5 Å². The molecule has 0 spiro atoms. The summed E-state index contributed by atoms with van der Waals surface area (Å²) in [7, 11) is 0. The van der Waals surface area contributed by atoms with E-state index in [2.05, 4.69) is 4.98 Å². The Bertz CT molecular complexity index is 565. The van der Waals surface area contributed by atoms with E-state index in [1.54, 1.807) is 0 Å². The van der Waals surface area contributed by atoms with Crippen molar-refractivity contribution >= 4 is 5.82 Å². The molecule has 6 nitrogen and oxygen atoms in total. The Labute approximate surface area is 101 Å². The van der Waals surface area contributed by atoms with Crippen molar-refractivity contribution in [1.82, 2.24) is 9.55 Å². The van der Waals surface area contributed by atoms with E-state index in [-0.39, 0.29) is 19.0 Å². The fourth-order valence-electron chi connectivity index (χ4n) is 1.66. The number of aliphatic hydroxyl groups excluding tert-OH is 1. The van der Waals surface area contributed by atoms with Gasteiger partial charge in [-0.3, -0.25) is 0 Å². The highest BCUT2D eigenvalue weighted by Crippen LogP contribution is 2.23. The fraction of sp³-hybridized carbons (Fsp3) is 0.182. The van der Waals surface area contributed by atoms with E-state index in [4.69, 9.17) is 5.11 Å². The topological polar surface area (TPSA) is 81.2 Å². The summed E-state index contributed by atoms with van der Waals surface area (Å²) in [5.41, 5.74) is 0.554. The van der Waals surface area contributed by atoms with Gasteiger partial charge in [-0.25, -0.2) is 13.9 Å². The predicted molar refractivity (Wildman–Crippen MR) is 61.4 cm³/mol. The van der Waals surface area contributed by atoms with E-state index < -0.39 is 10.7 Å². The predicted octanol–water partition coefficient (Wildman–Crippen LogP) is 1.59. The zero-order valence-electron chi connectivity index (χ0n) is 9.28. The van der Waals surface area contributed by atoms with E-state index >= 15 is 0 Å². The third-order valence-electron chi connectivity index (χ3n) is 2.45. The molecular formula is C11H10FN3O3. The molecule has 1 aromatic carbocycles. The van der Waals surface area contributed by atoms with Crippen LogP contribution < -0.4 is 0 Å². The minimum absolute atomic E-state index is 0.0586. The molecule has 0 aliphatic carbocycles. The molecule has 0 saturated carbocycles. The first-order valence-electron chi connectivity index (χ1n) is 5.20. The number of imidazole rings is 1. The first-order valence-corrected chi connectivity index (χ1v) is 5.20. The normalized spacial score (nSPS) is 10.6. The van der Waals surface area contributed by atoms with Gasteiger partial charge in [-0.05, 0) is 29.2 Å². The van der Waals surface area contributed by atoms with Crippen molar-refractivity contribution in [2.45, 2.75) is 6.54 Å². The Balaban J connectivity index is 2.50. The van der Waals surface area contributed by atoms with Crippen molar-refractivity contribution in [3.05, 3.63) is 46.4 Å². The number of benzene rings is 1. The number of halogens is 1. The highest BCUT2D eigenvalue weighted by Gasteiger charge is 2.20. The number of aliphatic hydroxyl groups is 1. The van der Waals surface area contributed by atoms with Gasteiger partial charge in [0.1, 0.15) is 18.6 Å². The van der Waals surface area contributed by atoms with E-state index in [0.717, 1.165) is 6.20 Å². The molecule has 0 bridgehead atoms. The molecule has 0 fully saturated rings. The first kappa shape index (κ1) is 12.2. The van der Waals surface area contributed by atoms with Crippen LogP contribution in [0.4, 0.5) is 10.2 Å². The summed E-state index contributed by atoms with van der Waals surface area (Å²) in [6.45, 7) is -0.186. The summed E-state index contributed by atoms with van der Waals surface area (Å²) < 4.78 is 14.1. The second-order valence-electron chi connectivity index (χ2n) is 3.58. The molecule has 94 valence electrons. The van der Waals surface area contributed by atoms with Crippen LogP contribution in [0.1, 0.15) is 0 Å². The van der Waals surface area contributed by atoms with E-state index in [1.165, 1.54) is 28.8 Å². The highest BCUT2D eigenvalue weighted by atomic mass is 19.1. The Morgan fingerprint density at radius 2 is 2.06 bits per heavy atom. The van der Waals surface area contributed by atoms with Gasteiger partial charge in [-0.15, -0.1) is 0 Å².